The zero-order valence-electron chi connectivity index (χ0n) is 6.52. The lowest BCUT2D eigenvalue weighted by Gasteiger charge is -2.05. The van der Waals surface area contributed by atoms with Crippen LogP contribution in [0, 0.1) is 0 Å². The molecule has 1 unspecified atom stereocenters. The van der Waals surface area contributed by atoms with Crippen molar-refractivity contribution in [3.8, 4) is 0 Å². The summed E-state index contributed by atoms with van der Waals surface area (Å²) < 4.78 is 9.20. The van der Waals surface area contributed by atoms with Crippen molar-refractivity contribution in [3.05, 3.63) is 35.4 Å². The Kier molecular flexibility index (Phi) is 1.73. The highest BCUT2D eigenvalue weighted by Crippen LogP contribution is 2.30. The van der Waals surface area contributed by atoms with Gasteiger partial charge < -0.3 is 9.47 Å². The molecule has 2 rings (SSSR count). The van der Waals surface area contributed by atoms with Crippen LogP contribution in [0.2, 0.25) is 0 Å². The van der Waals surface area contributed by atoms with Crippen LogP contribution < -0.4 is 0 Å². The number of carbonyl (C=O) groups excluding carboxylic acids is 2. The van der Waals surface area contributed by atoms with Crippen molar-refractivity contribution >= 4 is 12.4 Å². The van der Waals surface area contributed by atoms with Gasteiger partial charge in [-0.15, -0.1) is 0 Å². The lowest BCUT2D eigenvalue weighted by molar-refractivity contribution is -0.0465. The number of hydrogen-bond acceptors (Lipinski definition) is 4. The predicted octanol–water partition coefficient (Wildman–Crippen LogP) is 0.939. The molecular weight excluding hydrogens is 172 g/mol. The Morgan fingerprint density at radius 3 is 2.92 bits per heavy atom. The van der Waals surface area contributed by atoms with Crippen LogP contribution in [-0.2, 0) is 14.3 Å². The molecule has 0 fully saturated rings. The maximum atomic E-state index is 11.1. The number of esters is 1. The van der Waals surface area contributed by atoms with Gasteiger partial charge in [0, 0.05) is 5.56 Å². The quantitative estimate of drug-likeness (QED) is 0.631. The molecule has 0 aliphatic carbocycles. The Morgan fingerprint density at radius 1 is 1.38 bits per heavy atom. The monoisotopic (exact) mass is 177 g/mol. The van der Waals surface area contributed by atoms with Crippen LogP contribution >= 0.6 is 0 Å². The Balaban J connectivity index is 2.41. The summed E-state index contributed by atoms with van der Waals surface area (Å²) in [6, 6.07) is 6.74. The number of hydrogen-bond donors (Lipinski definition) is 0. The Morgan fingerprint density at radius 2 is 2.15 bits per heavy atom. The minimum Gasteiger partial charge on any atom is -0.417 e. The third-order valence-corrected chi connectivity index (χ3v) is 1.80. The van der Waals surface area contributed by atoms with Gasteiger partial charge in [-0.3, -0.25) is 0 Å². The molecule has 1 aliphatic rings. The first-order valence-electron chi connectivity index (χ1n) is 3.65. The van der Waals surface area contributed by atoms with Crippen LogP contribution in [0.3, 0.4) is 0 Å². The van der Waals surface area contributed by atoms with Gasteiger partial charge in [0.15, 0.2) is 0 Å². The zero-order valence-corrected chi connectivity index (χ0v) is 6.52. The topological polar surface area (TPSA) is 52.6 Å². The number of rotatable bonds is 2. The van der Waals surface area contributed by atoms with Crippen LogP contribution in [0.25, 0.3) is 0 Å². The molecule has 0 spiro atoms. The molecule has 0 amide bonds. The van der Waals surface area contributed by atoms with E-state index >= 15 is 0 Å². The summed E-state index contributed by atoms with van der Waals surface area (Å²) in [6.45, 7) is 1.24. The standard InChI is InChI=1S/C9H5O4/c10-5-12-9-7-4-2-1-3-6(7)8(11)13-9/h1-4,9H. The fraction of sp³-hybridized carbons (Fsp3) is 0.111. The molecule has 0 saturated heterocycles. The van der Waals surface area contributed by atoms with Gasteiger partial charge in [0.1, 0.15) is 0 Å². The second kappa shape index (κ2) is 2.90. The fourth-order valence-corrected chi connectivity index (χ4v) is 1.24. The van der Waals surface area contributed by atoms with E-state index in [0.29, 0.717) is 11.1 Å². The van der Waals surface area contributed by atoms with Crippen molar-refractivity contribution in [1.29, 1.82) is 0 Å². The molecule has 0 N–H and O–H groups in total. The van der Waals surface area contributed by atoms with Crippen molar-refractivity contribution < 1.29 is 19.1 Å². The first-order valence-corrected chi connectivity index (χ1v) is 3.65. The van der Waals surface area contributed by atoms with Crippen LogP contribution in [0.4, 0.5) is 0 Å². The average Bonchev–Trinajstić information content (AvgIpc) is 2.46. The van der Waals surface area contributed by atoms with Gasteiger partial charge in [0.25, 0.3) is 6.29 Å². The third-order valence-electron chi connectivity index (χ3n) is 1.80. The number of cyclic esters (lactones) is 1. The molecule has 13 heavy (non-hydrogen) atoms. The van der Waals surface area contributed by atoms with E-state index < -0.39 is 12.3 Å². The molecule has 1 aromatic carbocycles. The third kappa shape index (κ3) is 1.16. The smallest absolute Gasteiger partial charge is 0.417 e. The second-order valence-electron chi connectivity index (χ2n) is 2.53. The zero-order chi connectivity index (χ0) is 9.26. The maximum Gasteiger partial charge on any atom is 0.420 e. The number of carbonyl (C=O) groups is 1. The molecule has 1 atom stereocenters. The van der Waals surface area contributed by atoms with E-state index in [0.717, 1.165) is 0 Å². The Bertz CT molecular complexity index is 358. The average molecular weight is 177 g/mol. The highest BCUT2D eigenvalue weighted by atomic mass is 16.7. The molecule has 1 aromatic rings. The van der Waals surface area contributed by atoms with Crippen LogP contribution in [0.5, 0.6) is 0 Å². The van der Waals surface area contributed by atoms with E-state index in [1.807, 2.05) is 0 Å². The number of benzene rings is 1. The highest BCUT2D eigenvalue weighted by Gasteiger charge is 2.31. The number of ether oxygens (including phenoxy) is 2. The number of fused-ring (bicyclic) bond motifs is 1. The van der Waals surface area contributed by atoms with Gasteiger partial charge in [0.2, 0.25) is 0 Å². The summed E-state index contributed by atoms with van der Waals surface area (Å²) in [5.74, 6) is -0.476. The fourth-order valence-electron chi connectivity index (χ4n) is 1.24. The summed E-state index contributed by atoms with van der Waals surface area (Å²) >= 11 is 0. The first kappa shape index (κ1) is 7.79. The van der Waals surface area contributed by atoms with Gasteiger partial charge in [-0.1, -0.05) is 18.2 Å². The van der Waals surface area contributed by atoms with Gasteiger partial charge >= 0.3 is 12.4 Å². The molecule has 1 radical (unpaired) electrons. The Labute approximate surface area is 74.1 Å². The van der Waals surface area contributed by atoms with Crippen molar-refractivity contribution in [2.45, 2.75) is 6.29 Å². The molecule has 0 aromatic heterocycles. The summed E-state index contributed by atoms with van der Waals surface area (Å²) in [6.07, 6.45) is -0.929. The largest absolute Gasteiger partial charge is 0.420 e. The lowest BCUT2D eigenvalue weighted by atomic mass is 10.1. The van der Waals surface area contributed by atoms with E-state index in [1.165, 1.54) is 6.47 Å². The lowest BCUT2D eigenvalue weighted by Crippen LogP contribution is -2.01. The van der Waals surface area contributed by atoms with Crippen LogP contribution in [0.1, 0.15) is 22.2 Å². The van der Waals surface area contributed by atoms with Gasteiger partial charge in [-0.2, -0.15) is 0 Å². The molecule has 4 nitrogen and oxygen atoms in total. The van der Waals surface area contributed by atoms with Crippen molar-refractivity contribution in [2.75, 3.05) is 0 Å². The van der Waals surface area contributed by atoms with Crippen molar-refractivity contribution in [1.82, 2.24) is 0 Å². The molecule has 0 bridgehead atoms. The van der Waals surface area contributed by atoms with Gasteiger partial charge in [-0.25, -0.2) is 9.59 Å². The van der Waals surface area contributed by atoms with E-state index in [2.05, 4.69) is 4.74 Å². The van der Waals surface area contributed by atoms with E-state index in [1.54, 1.807) is 24.3 Å². The SMILES string of the molecule is O=[C]OC1OC(=O)c2ccccc21. The van der Waals surface area contributed by atoms with Crippen LogP contribution in [0.15, 0.2) is 24.3 Å². The molecular formula is C9H5O4. The van der Waals surface area contributed by atoms with Gasteiger partial charge in [0.05, 0.1) is 5.56 Å². The first-order chi connectivity index (χ1) is 6.33. The maximum absolute atomic E-state index is 11.1. The van der Waals surface area contributed by atoms with E-state index in [9.17, 15) is 9.59 Å². The minimum atomic E-state index is -0.929. The summed E-state index contributed by atoms with van der Waals surface area (Å²) in [4.78, 5) is 21.1. The van der Waals surface area contributed by atoms with Gasteiger partial charge in [-0.05, 0) is 6.07 Å². The van der Waals surface area contributed by atoms with Crippen LogP contribution in [-0.4, -0.2) is 12.4 Å². The molecule has 65 valence electrons. The minimum absolute atomic E-state index is 0.433. The predicted molar refractivity (Wildman–Crippen MR) is 41.4 cm³/mol. The van der Waals surface area contributed by atoms with Crippen molar-refractivity contribution in [3.63, 3.8) is 0 Å². The highest BCUT2D eigenvalue weighted by molar-refractivity contribution is 5.93. The summed E-state index contributed by atoms with van der Waals surface area (Å²) in [5, 5.41) is 0. The normalized spacial score (nSPS) is 19.1. The second-order valence-corrected chi connectivity index (χ2v) is 2.53. The summed E-state index contributed by atoms with van der Waals surface area (Å²) in [5.41, 5.74) is 0.999. The van der Waals surface area contributed by atoms with E-state index in [-0.39, 0.29) is 0 Å². The Hall–Kier alpha value is -1.84. The molecule has 1 heterocycles. The van der Waals surface area contributed by atoms with Crippen molar-refractivity contribution in [2.24, 2.45) is 0 Å². The molecule has 0 saturated carbocycles. The van der Waals surface area contributed by atoms with E-state index in [4.69, 9.17) is 4.74 Å². The molecule has 1 aliphatic heterocycles. The molecule has 4 heteroatoms. The summed E-state index contributed by atoms with van der Waals surface area (Å²) in [7, 11) is 0.